The van der Waals surface area contributed by atoms with Crippen molar-refractivity contribution in [1.82, 2.24) is 14.8 Å². The number of rotatable bonds is 4. The lowest BCUT2D eigenvalue weighted by Gasteiger charge is -2.32. The van der Waals surface area contributed by atoms with Crippen LogP contribution in [0.4, 0.5) is 10.5 Å². The van der Waals surface area contributed by atoms with E-state index in [1.165, 1.54) is 0 Å². The molecule has 0 radical (unpaired) electrons. The van der Waals surface area contributed by atoms with E-state index in [1.54, 1.807) is 28.8 Å². The highest BCUT2D eigenvalue weighted by Gasteiger charge is 2.36. The second-order valence-electron chi connectivity index (χ2n) is 8.01. The van der Waals surface area contributed by atoms with Crippen molar-refractivity contribution in [3.63, 3.8) is 0 Å². The zero-order valence-corrected chi connectivity index (χ0v) is 17.0. The third kappa shape index (κ3) is 4.66. The SMILES string of the molecule is CN(C[C@H]1CC(=O)N(C(C)(C)C)C1)C(=O)Nc1cccc(-c2cscn2)c1. The number of nitrogens with one attached hydrogen (secondary N) is 1. The fraction of sp³-hybridized carbons (Fsp3) is 0.450. The zero-order valence-electron chi connectivity index (χ0n) is 16.2. The second kappa shape index (κ2) is 7.68. The van der Waals surface area contributed by atoms with Gasteiger partial charge in [-0.25, -0.2) is 9.78 Å². The van der Waals surface area contributed by atoms with Crippen molar-refractivity contribution in [3.05, 3.63) is 35.2 Å². The lowest BCUT2D eigenvalue weighted by atomic mass is 10.1. The Morgan fingerprint density at radius 1 is 1.41 bits per heavy atom. The van der Waals surface area contributed by atoms with Gasteiger partial charge in [-0.2, -0.15) is 0 Å². The Bertz CT molecular complexity index is 814. The molecule has 0 bridgehead atoms. The number of carbonyl (C=O) groups is 2. The summed E-state index contributed by atoms with van der Waals surface area (Å²) in [6, 6.07) is 7.48. The van der Waals surface area contributed by atoms with E-state index < -0.39 is 0 Å². The third-order valence-corrected chi connectivity index (χ3v) is 5.32. The van der Waals surface area contributed by atoms with Gasteiger partial charge in [0.05, 0.1) is 11.2 Å². The molecule has 6 nitrogen and oxygen atoms in total. The van der Waals surface area contributed by atoms with Crippen molar-refractivity contribution < 1.29 is 9.59 Å². The van der Waals surface area contributed by atoms with E-state index in [0.29, 0.717) is 19.5 Å². The van der Waals surface area contributed by atoms with Gasteiger partial charge in [-0.05, 0) is 32.9 Å². The average molecular weight is 387 g/mol. The van der Waals surface area contributed by atoms with Crippen molar-refractivity contribution >= 4 is 29.0 Å². The first-order chi connectivity index (χ1) is 12.7. The van der Waals surface area contributed by atoms with Gasteiger partial charge in [0.1, 0.15) is 0 Å². The van der Waals surface area contributed by atoms with Crippen LogP contribution >= 0.6 is 11.3 Å². The Morgan fingerprint density at radius 3 is 2.81 bits per heavy atom. The standard InChI is InChI=1S/C20H26N4O2S/c1-20(2,3)24-11-14(8-18(24)25)10-23(4)19(26)22-16-7-5-6-15(9-16)17-12-27-13-21-17/h5-7,9,12-14H,8,10-11H2,1-4H3,(H,22,26)/t14-/m1/s1. The molecule has 144 valence electrons. The van der Waals surface area contributed by atoms with Gasteiger partial charge < -0.3 is 15.1 Å². The average Bonchev–Trinajstić information content (AvgIpc) is 3.24. The second-order valence-corrected chi connectivity index (χ2v) is 8.73. The van der Waals surface area contributed by atoms with Crippen LogP contribution in [-0.4, -0.2) is 52.4 Å². The fourth-order valence-corrected chi connectivity index (χ4v) is 3.91. The molecule has 0 unspecified atom stereocenters. The Hall–Kier alpha value is -2.41. The number of benzene rings is 1. The van der Waals surface area contributed by atoms with Gasteiger partial charge in [-0.3, -0.25) is 4.79 Å². The molecule has 0 spiro atoms. The molecule has 3 rings (SSSR count). The number of amides is 3. The van der Waals surface area contributed by atoms with Crippen molar-refractivity contribution in [2.75, 3.05) is 25.5 Å². The molecule has 1 atom stereocenters. The van der Waals surface area contributed by atoms with E-state index in [4.69, 9.17) is 0 Å². The van der Waals surface area contributed by atoms with Crippen molar-refractivity contribution in [1.29, 1.82) is 0 Å². The number of likely N-dealkylation sites (tertiary alicyclic amines) is 1. The van der Waals surface area contributed by atoms with Crippen LogP contribution in [0.5, 0.6) is 0 Å². The number of aromatic nitrogens is 1. The third-order valence-electron chi connectivity index (χ3n) is 4.74. The Morgan fingerprint density at radius 2 is 2.19 bits per heavy atom. The van der Waals surface area contributed by atoms with Crippen LogP contribution in [-0.2, 0) is 4.79 Å². The van der Waals surface area contributed by atoms with E-state index in [2.05, 4.69) is 10.3 Å². The van der Waals surface area contributed by atoms with Gasteiger partial charge in [0.25, 0.3) is 0 Å². The number of nitrogens with zero attached hydrogens (tertiary/aromatic N) is 3. The monoisotopic (exact) mass is 386 g/mol. The van der Waals surface area contributed by atoms with E-state index in [-0.39, 0.29) is 23.4 Å². The molecule has 1 fully saturated rings. The molecular weight excluding hydrogens is 360 g/mol. The molecule has 7 heteroatoms. The van der Waals surface area contributed by atoms with Crippen molar-refractivity contribution in [2.45, 2.75) is 32.7 Å². The van der Waals surface area contributed by atoms with Crippen molar-refractivity contribution in [2.24, 2.45) is 5.92 Å². The van der Waals surface area contributed by atoms with E-state index in [9.17, 15) is 9.59 Å². The Labute approximate surface area is 164 Å². The number of thiazole rings is 1. The highest BCUT2D eigenvalue weighted by Crippen LogP contribution is 2.26. The van der Waals surface area contributed by atoms with Gasteiger partial charge in [-0.15, -0.1) is 11.3 Å². The van der Waals surface area contributed by atoms with Crippen LogP contribution in [0, 0.1) is 5.92 Å². The van der Waals surface area contributed by atoms with Gasteiger partial charge in [0, 0.05) is 54.6 Å². The lowest BCUT2D eigenvalue weighted by molar-refractivity contribution is -0.131. The molecule has 1 aliphatic rings. The number of urea groups is 1. The molecule has 1 aliphatic heterocycles. The van der Waals surface area contributed by atoms with Gasteiger partial charge in [0.15, 0.2) is 0 Å². The molecule has 2 heterocycles. The zero-order chi connectivity index (χ0) is 19.6. The summed E-state index contributed by atoms with van der Waals surface area (Å²) in [6.45, 7) is 7.37. The lowest BCUT2D eigenvalue weighted by Crippen LogP contribution is -2.43. The largest absolute Gasteiger partial charge is 0.337 e. The first kappa shape index (κ1) is 19.4. The maximum atomic E-state index is 12.6. The Balaban J connectivity index is 1.59. The summed E-state index contributed by atoms with van der Waals surface area (Å²) in [5.41, 5.74) is 4.22. The van der Waals surface area contributed by atoms with Crippen LogP contribution in [0.15, 0.2) is 35.2 Å². The summed E-state index contributed by atoms with van der Waals surface area (Å²) in [6.07, 6.45) is 0.494. The van der Waals surface area contributed by atoms with Crippen LogP contribution in [0.3, 0.4) is 0 Å². The maximum absolute atomic E-state index is 12.6. The number of hydrogen-bond donors (Lipinski definition) is 1. The Kier molecular flexibility index (Phi) is 5.51. The molecular formula is C20H26N4O2S. The summed E-state index contributed by atoms with van der Waals surface area (Å²) >= 11 is 1.54. The normalized spacial score (nSPS) is 17.3. The minimum Gasteiger partial charge on any atom is -0.337 e. The first-order valence-electron chi connectivity index (χ1n) is 9.05. The van der Waals surface area contributed by atoms with Crippen LogP contribution in [0.2, 0.25) is 0 Å². The number of hydrogen-bond acceptors (Lipinski definition) is 4. The highest BCUT2D eigenvalue weighted by atomic mass is 32.1. The summed E-state index contributed by atoms with van der Waals surface area (Å²) in [7, 11) is 1.77. The molecule has 1 saturated heterocycles. The quantitative estimate of drug-likeness (QED) is 0.866. The van der Waals surface area contributed by atoms with E-state index >= 15 is 0 Å². The van der Waals surface area contributed by atoms with Gasteiger partial charge in [0.2, 0.25) is 5.91 Å². The fourth-order valence-electron chi connectivity index (χ4n) is 3.35. The summed E-state index contributed by atoms with van der Waals surface area (Å²) in [5.74, 6) is 0.325. The summed E-state index contributed by atoms with van der Waals surface area (Å²) in [5, 5.41) is 4.91. The van der Waals surface area contributed by atoms with E-state index in [0.717, 1.165) is 16.9 Å². The van der Waals surface area contributed by atoms with Gasteiger partial charge in [-0.1, -0.05) is 12.1 Å². The van der Waals surface area contributed by atoms with Crippen molar-refractivity contribution in [3.8, 4) is 11.3 Å². The number of anilines is 1. The molecule has 1 aromatic heterocycles. The van der Waals surface area contributed by atoms with Gasteiger partial charge >= 0.3 is 6.03 Å². The minimum absolute atomic E-state index is 0.161. The molecule has 1 N–H and O–H groups in total. The topological polar surface area (TPSA) is 65.5 Å². The molecule has 2 aromatic rings. The predicted molar refractivity (Wildman–Crippen MR) is 109 cm³/mol. The first-order valence-corrected chi connectivity index (χ1v) is 9.99. The molecule has 27 heavy (non-hydrogen) atoms. The highest BCUT2D eigenvalue weighted by molar-refractivity contribution is 7.07. The van der Waals surface area contributed by atoms with Crippen LogP contribution < -0.4 is 5.32 Å². The summed E-state index contributed by atoms with van der Waals surface area (Å²) in [4.78, 5) is 32.6. The molecule has 3 amide bonds. The molecule has 1 aromatic carbocycles. The summed E-state index contributed by atoms with van der Waals surface area (Å²) < 4.78 is 0. The van der Waals surface area contributed by atoms with Crippen LogP contribution in [0.1, 0.15) is 27.2 Å². The maximum Gasteiger partial charge on any atom is 0.321 e. The minimum atomic E-state index is -0.178. The van der Waals surface area contributed by atoms with Crippen LogP contribution in [0.25, 0.3) is 11.3 Å². The molecule has 0 aliphatic carbocycles. The van der Waals surface area contributed by atoms with E-state index in [1.807, 2.05) is 55.3 Å². The number of carbonyl (C=O) groups excluding carboxylic acids is 2. The smallest absolute Gasteiger partial charge is 0.321 e. The molecule has 0 saturated carbocycles. The predicted octanol–water partition coefficient (Wildman–Crippen LogP) is 3.92.